The zero-order chi connectivity index (χ0) is 15.6. The number of unbranched alkanes of at least 4 members (excludes halogenated alkanes) is 1. The van der Waals surface area contributed by atoms with Gasteiger partial charge in [0.15, 0.2) is 0 Å². The molecule has 0 bridgehead atoms. The molecule has 0 aromatic heterocycles. The number of halogens is 1. The van der Waals surface area contributed by atoms with E-state index < -0.39 is 0 Å². The van der Waals surface area contributed by atoms with Crippen molar-refractivity contribution >= 4 is 11.6 Å². The summed E-state index contributed by atoms with van der Waals surface area (Å²) in [6.07, 6.45) is 4.56. The average molecular weight is 324 g/mol. The van der Waals surface area contributed by atoms with E-state index in [0.717, 1.165) is 45.0 Å². The van der Waals surface area contributed by atoms with Gasteiger partial charge in [-0.05, 0) is 25.3 Å². The van der Waals surface area contributed by atoms with E-state index >= 15 is 0 Å². The van der Waals surface area contributed by atoms with E-state index in [1.807, 2.05) is 0 Å². The van der Waals surface area contributed by atoms with Gasteiger partial charge in [-0.1, -0.05) is 26.7 Å². The van der Waals surface area contributed by atoms with Crippen LogP contribution in [0.15, 0.2) is 0 Å². The first-order valence-electron chi connectivity index (χ1n) is 8.35. The van der Waals surface area contributed by atoms with Crippen molar-refractivity contribution in [2.24, 2.45) is 5.92 Å². The maximum atomic E-state index is 5.76. The van der Waals surface area contributed by atoms with Gasteiger partial charge in [-0.3, -0.25) is 0 Å². The third-order valence-corrected chi connectivity index (χ3v) is 3.56. The molecule has 0 aliphatic rings. The van der Waals surface area contributed by atoms with Crippen LogP contribution < -0.4 is 5.32 Å². The van der Waals surface area contributed by atoms with Crippen LogP contribution in [0.5, 0.6) is 0 Å². The minimum absolute atomic E-state index is 0.640. The summed E-state index contributed by atoms with van der Waals surface area (Å²) in [5.74, 6) is 1.43. The van der Waals surface area contributed by atoms with Gasteiger partial charge in [0.25, 0.3) is 0 Å². The SMILES string of the molecule is CCCCOCCOCCOCCNCC(CC)CCCl. The number of alkyl halides is 1. The fourth-order valence-corrected chi connectivity index (χ4v) is 2.15. The number of nitrogens with one attached hydrogen (secondary N) is 1. The van der Waals surface area contributed by atoms with Gasteiger partial charge in [-0.2, -0.15) is 0 Å². The van der Waals surface area contributed by atoms with Crippen LogP contribution in [-0.2, 0) is 14.2 Å². The van der Waals surface area contributed by atoms with E-state index in [1.165, 1.54) is 12.8 Å². The molecule has 0 amide bonds. The van der Waals surface area contributed by atoms with Crippen molar-refractivity contribution < 1.29 is 14.2 Å². The van der Waals surface area contributed by atoms with E-state index in [2.05, 4.69) is 19.2 Å². The fraction of sp³-hybridized carbons (Fsp3) is 1.00. The molecular formula is C16H34ClNO3. The maximum absolute atomic E-state index is 5.76. The van der Waals surface area contributed by atoms with Crippen LogP contribution in [0.4, 0.5) is 0 Å². The second-order valence-electron chi connectivity index (χ2n) is 5.15. The van der Waals surface area contributed by atoms with Crippen molar-refractivity contribution in [2.75, 3.05) is 58.6 Å². The Labute approximate surface area is 135 Å². The minimum atomic E-state index is 0.640. The molecule has 1 atom stereocenters. The summed E-state index contributed by atoms with van der Waals surface area (Å²) in [4.78, 5) is 0. The fourth-order valence-electron chi connectivity index (χ4n) is 1.84. The molecule has 0 aromatic carbocycles. The topological polar surface area (TPSA) is 39.7 Å². The molecule has 0 aliphatic carbocycles. The van der Waals surface area contributed by atoms with Gasteiger partial charge in [0.1, 0.15) is 0 Å². The molecule has 0 spiro atoms. The molecule has 0 heterocycles. The maximum Gasteiger partial charge on any atom is 0.0701 e. The standard InChI is InChI=1S/C16H34ClNO3/c1-3-5-9-19-11-13-21-14-12-20-10-8-18-15-16(4-2)6-7-17/h16,18H,3-15H2,1-2H3. The van der Waals surface area contributed by atoms with Crippen molar-refractivity contribution in [1.29, 1.82) is 0 Å². The number of rotatable bonds is 17. The highest BCUT2D eigenvalue weighted by molar-refractivity contribution is 6.17. The molecule has 5 heteroatoms. The summed E-state index contributed by atoms with van der Waals surface area (Å²) in [5.41, 5.74) is 0. The zero-order valence-corrected chi connectivity index (χ0v) is 14.6. The van der Waals surface area contributed by atoms with Crippen molar-refractivity contribution in [2.45, 2.75) is 39.5 Å². The Kier molecular flexibility index (Phi) is 18.3. The van der Waals surface area contributed by atoms with Crippen molar-refractivity contribution in [3.05, 3.63) is 0 Å². The van der Waals surface area contributed by atoms with Gasteiger partial charge >= 0.3 is 0 Å². The molecule has 0 fully saturated rings. The summed E-state index contributed by atoms with van der Waals surface area (Å²) in [7, 11) is 0. The molecule has 0 aromatic rings. The highest BCUT2D eigenvalue weighted by Crippen LogP contribution is 2.07. The first-order valence-corrected chi connectivity index (χ1v) is 8.88. The number of hydrogen-bond acceptors (Lipinski definition) is 4. The first kappa shape index (κ1) is 21.1. The minimum Gasteiger partial charge on any atom is -0.379 e. The van der Waals surface area contributed by atoms with E-state index in [0.29, 0.717) is 32.3 Å². The lowest BCUT2D eigenvalue weighted by molar-refractivity contribution is 0.0146. The average Bonchev–Trinajstić information content (AvgIpc) is 2.50. The molecule has 0 radical (unpaired) electrons. The van der Waals surface area contributed by atoms with Gasteiger partial charge in [0, 0.05) is 19.0 Å². The van der Waals surface area contributed by atoms with Crippen molar-refractivity contribution in [3.63, 3.8) is 0 Å². The lowest BCUT2D eigenvalue weighted by Crippen LogP contribution is -2.26. The molecule has 21 heavy (non-hydrogen) atoms. The van der Waals surface area contributed by atoms with Crippen LogP contribution in [-0.4, -0.2) is 58.6 Å². The summed E-state index contributed by atoms with van der Waals surface area (Å²) in [6.45, 7) is 10.5. The van der Waals surface area contributed by atoms with Crippen LogP contribution in [0.1, 0.15) is 39.5 Å². The Balaban J connectivity index is 3.08. The third kappa shape index (κ3) is 16.3. The van der Waals surface area contributed by atoms with Crippen LogP contribution in [0.25, 0.3) is 0 Å². The smallest absolute Gasteiger partial charge is 0.0701 e. The van der Waals surface area contributed by atoms with Gasteiger partial charge < -0.3 is 19.5 Å². The summed E-state index contributed by atoms with van der Waals surface area (Å²) < 4.78 is 16.3. The summed E-state index contributed by atoms with van der Waals surface area (Å²) in [6, 6.07) is 0. The first-order chi connectivity index (χ1) is 10.3. The van der Waals surface area contributed by atoms with E-state index in [4.69, 9.17) is 25.8 Å². The lowest BCUT2D eigenvalue weighted by Gasteiger charge is -2.14. The van der Waals surface area contributed by atoms with Gasteiger partial charge in [-0.15, -0.1) is 11.6 Å². The molecule has 4 nitrogen and oxygen atoms in total. The molecule has 0 aliphatic heterocycles. The highest BCUT2D eigenvalue weighted by Gasteiger charge is 2.04. The third-order valence-electron chi connectivity index (χ3n) is 3.34. The predicted molar refractivity (Wildman–Crippen MR) is 89.4 cm³/mol. The molecular weight excluding hydrogens is 290 g/mol. The Morgan fingerprint density at radius 1 is 0.905 bits per heavy atom. The predicted octanol–water partition coefficient (Wildman–Crippen LogP) is 3.08. The van der Waals surface area contributed by atoms with Gasteiger partial charge in [-0.25, -0.2) is 0 Å². The van der Waals surface area contributed by atoms with E-state index in [9.17, 15) is 0 Å². The molecule has 1 unspecified atom stereocenters. The van der Waals surface area contributed by atoms with Crippen LogP contribution >= 0.6 is 11.6 Å². The van der Waals surface area contributed by atoms with Crippen LogP contribution in [0.2, 0.25) is 0 Å². The Bertz CT molecular complexity index is 196. The Morgan fingerprint density at radius 2 is 1.52 bits per heavy atom. The van der Waals surface area contributed by atoms with Crippen LogP contribution in [0, 0.1) is 5.92 Å². The zero-order valence-electron chi connectivity index (χ0n) is 13.9. The number of hydrogen-bond donors (Lipinski definition) is 1. The largest absolute Gasteiger partial charge is 0.379 e. The van der Waals surface area contributed by atoms with Crippen molar-refractivity contribution in [3.8, 4) is 0 Å². The Hall–Kier alpha value is 0.130. The summed E-state index contributed by atoms with van der Waals surface area (Å²) >= 11 is 5.76. The lowest BCUT2D eigenvalue weighted by atomic mass is 10.0. The monoisotopic (exact) mass is 323 g/mol. The van der Waals surface area contributed by atoms with Crippen LogP contribution in [0.3, 0.4) is 0 Å². The van der Waals surface area contributed by atoms with E-state index in [-0.39, 0.29) is 0 Å². The molecule has 128 valence electrons. The highest BCUT2D eigenvalue weighted by atomic mass is 35.5. The number of ether oxygens (including phenoxy) is 3. The summed E-state index contributed by atoms with van der Waals surface area (Å²) in [5, 5.41) is 3.41. The van der Waals surface area contributed by atoms with Crippen molar-refractivity contribution in [1.82, 2.24) is 5.32 Å². The Morgan fingerprint density at radius 3 is 2.10 bits per heavy atom. The normalized spacial score (nSPS) is 12.7. The molecule has 0 rings (SSSR count). The second-order valence-corrected chi connectivity index (χ2v) is 5.52. The van der Waals surface area contributed by atoms with Gasteiger partial charge in [0.05, 0.1) is 33.0 Å². The quantitative estimate of drug-likeness (QED) is 0.330. The molecule has 0 saturated heterocycles. The van der Waals surface area contributed by atoms with Gasteiger partial charge in [0.2, 0.25) is 0 Å². The molecule has 0 saturated carbocycles. The molecule has 1 N–H and O–H groups in total. The van der Waals surface area contributed by atoms with E-state index in [1.54, 1.807) is 0 Å². The second kappa shape index (κ2) is 18.2.